The number of pyridine rings is 1. The van der Waals surface area contributed by atoms with Gasteiger partial charge in [-0.3, -0.25) is 9.78 Å². The molecule has 0 amide bonds. The van der Waals surface area contributed by atoms with Gasteiger partial charge in [-0.1, -0.05) is 17.7 Å². The Balaban J connectivity index is 2.46. The minimum Gasteiger partial charge on any atom is -0.481 e. The van der Waals surface area contributed by atoms with Crippen molar-refractivity contribution in [3.63, 3.8) is 0 Å². The Morgan fingerprint density at radius 2 is 2.19 bits per heavy atom. The highest BCUT2D eigenvalue weighted by molar-refractivity contribution is 6.35. The molecule has 0 saturated heterocycles. The van der Waals surface area contributed by atoms with Gasteiger partial charge in [0.25, 0.3) is 0 Å². The summed E-state index contributed by atoms with van der Waals surface area (Å²) in [4.78, 5) is 14.8. The Labute approximate surface area is 97.7 Å². The Morgan fingerprint density at radius 1 is 1.38 bits per heavy atom. The van der Waals surface area contributed by atoms with E-state index in [-0.39, 0.29) is 6.42 Å². The van der Waals surface area contributed by atoms with Crippen LogP contribution < -0.4 is 0 Å². The average Bonchev–Trinajstić information content (AvgIpc) is 2.28. The SMILES string of the molecule is O=C(O)CCc1ccc(Cl)c2cccnc12. The molecule has 0 saturated carbocycles. The van der Waals surface area contributed by atoms with Gasteiger partial charge in [0.05, 0.1) is 5.52 Å². The minimum atomic E-state index is -0.806. The standard InChI is InChI=1S/C12H10ClNO2/c13-10-5-3-8(4-6-11(15)16)12-9(10)2-1-7-14-12/h1-3,5,7H,4,6H2,(H,15,16). The molecule has 0 aliphatic rings. The molecule has 0 bridgehead atoms. The van der Waals surface area contributed by atoms with Crippen LogP contribution in [-0.4, -0.2) is 16.1 Å². The van der Waals surface area contributed by atoms with Gasteiger partial charge >= 0.3 is 5.97 Å². The van der Waals surface area contributed by atoms with E-state index in [2.05, 4.69) is 4.98 Å². The van der Waals surface area contributed by atoms with E-state index >= 15 is 0 Å². The summed E-state index contributed by atoms with van der Waals surface area (Å²) in [5.41, 5.74) is 1.71. The number of halogens is 1. The van der Waals surface area contributed by atoms with Gasteiger partial charge in [-0.05, 0) is 30.2 Å². The van der Waals surface area contributed by atoms with E-state index in [1.54, 1.807) is 12.3 Å². The normalized spacial score (nSPS) is 10.6. The Hall–Kier alpha value is -1.61. The van der Waals surface area contributed by atoms with Crippen molar-refractivity contribution in [1.82, 2.24) is 4.98 Å². The van der Waals surface area contributed by atoms with Crippen LogP contribution in [0.5, 0.6) is 0 Å². The molecule has 2 rings (SSSR count). The molecule has 1 aromatic carbocycles. The number of carboxylic acids is 1. The fourth-order valence-electron chi connectivity index (χ4n) is 1.64. The second kappa shape index (κ2) is 4.49. The van der Waals surface area contributed by atoms with E-state index in [0.717, 1.165) is 16.5 Å². The largest absolute Gasteiger partial charge is 0.481 e. The van der Waals surface area contributed by atoms with Crippen molar-refractivity contribution < 1.29 is 9.90 Å². The molecule has 1 N–H and O–H groups in total. The van der Waals surface area contributed by atoms with Crippen LogP contribution >= 0.6 is 11.6 Å². The molecular formula is C12H10ClNO2. The molecule has 0 aliphatic heterocycles. The summed E-state index contributed by atoms with van der Waals surface area (Å²) in [6.45, 7) is 0. The van der Waals surface area contributed by atoms with E-state index in [1.165, 1.54) is 0 Å². The number of aromatic nitrogens is 1. The van der Waals surface area contributed by atoms with Gasteiger partial charge in [0.2, 0.25) is 0 Å². The van der Waals surface area contributed by atoms with E-state index in [1.807, 2.05) is 18.2 Å². The van der Waals surface area contributed by atoms with Gasteiger partial charge in [0.15, 0.2) is 0 Å². The first kappa shape index (κ1) is 10.9. The minimum absolute atomic E-state index is 0.104. The molecule has 1 aromatic heterocycles. The van der Waals surface area contributed by atoms with E-state index in [9.17, 15) is 4.79 Å². The molecule has 0 radical (unpaired) electrons. The summed E-state index contributed by atoms with van der Waals surface area (Å²) < 4.78 is 0. The van der Waals surface area contributed by atoms with Crippen molar-refractivity contribution >= 4 is 28.5 Å². The number of aryl methyl sites for hydroxylation is 1. The third kappa shape index (κ3) is 2.14. The quantitative estimate of drug-likeness (QED) is 0.890. The first-order valence-corrected chi connectivity index (χ1v) is 5.30. The Bertz CT molecular complexity index is 540. The van der Waals surface area contributed by atoms with Gasteiger partial charge in [0, 0.05) is 23.0 Å². The number of aliphatic carboxylic acids is 1. The second-order valence-corrected chi connectivity index (χ2v) is 3.91. The van der Waals surface area contributed by atoms with Crippen molar-refractivity contribution in [2.24, 2.45) is 0 Å². The summed E-state index contributed by atoms with van der Waals surface area (Å²) in [6, 6.07) is 7.31. The maximum atomic E-state index is 10.5. The van der Waals surface area contributed by atoms with Crippen LogP contribution in [0.4, 0.5) is 0 Å². The smallest absolute Gasteiger partial charge is 0.303 e. The summed E-state index contributed by atoms with van der Waals surface area (Å²) >= 11 is 6.04. The number of benzene rings is 1. The molecule has 4 heteroatoms. The molecule has 0 fully saturated rings. The van der Waals surface area contributed by atoms with E-state index in [4.69, 9.17) is 16.7 Å². The number of hydrogen-bond acceptors (Lipinski definition) is 2. The van der Waals surface area contributed by atoms with Crippen molar-refractivity contribution in [2.75, 3.05) is 0 Å². The van der Waals surface area contributed by atoms with Gasteiger partial charge < -0.3 is 5.11 Å². The maximum Gasteiger partial charge on any atom is 0.303 e. The molecule has 1 heterocycles. The molecule has 2 aromatic rings. The third-order valence-corrected chi connectivity index (χ3v) is 2.74. The number of carbonyl (C=O) groups is 1. The second-order valence-electron chi connectivity index (χ2n) is 3.50. The van der Waals surface area contributed by atoms with Crippen molar-refractivity contribution in [1.29, 1.82) is 0 Å². The number of nitrogens with zero attached hydrogens (tertiary/aromatic N) is 1. The summed E-state index contributed by atoms with van der Waals surface area (Å²) in [7, 11) is 0. The lowest BCUT2D eigenvalue weighted by Crippen LogP contribution is -1.98. The highest BCUT2D eigenvalue weighted by Gasteiger charge is 2.07. The Morgan fingerprint density at radius 3 is 2.94 bits per heavy atom. The molecular weight excluding hydrogens is 226 g/mol. The molecule has 0 atom stereocenters. The van der Waals surface area contributed by atoms with Crippen molar-refractivity contribution in [2.45, 2.75) is 12.8 Å². The van der Waals surface area contributed by atoms with Crippen LogP contribution in [0.3, 0.4) is 0 Å². The first-order valence-electron chi connectivity index (χ1n) is 4.92. The van der Waals surface area contributed by atoms with E-state index < -0.39 is 5.97 Å². The number of carboxylic acid groups (broad SMARTS) is 1. The Kier molecular flexibility index (Phi) is 3.06. The molecule has 0 unspecified atom stereocenters. The summed E-state index contributed by atoms with van der Waals surface area (Å²) in [6.07, 6.45) is 2.26. The lowest BCUT2D eigenvalue weighted by molar-refractivity contribution is -0.136. The predicted octanol–water partition coefficient (Wildman–Crippen LogP) is 2.91. The zero-order chi connectivity index (χ0) is 11.5. The van der Waals surface area contributed by atoms with E-state index in [0.29, 0.717) is 11.4 Å². The molecule has 3 nitrogen and oxygen atoms in total. The molecule has 16 heavy (non-hydrogen) atoms. The maximum absolute atomic E-state index is 10.5. The average molecular weight is 236 g/mol. The summed E-state index contributed by atoms with van der Waals surface area (Å²) in [5.74, 6) is -0.806. The van der Waals surface area contributed by atoms with Crippen molar-refractivity contribution in [3.8, 4) is 0 Å². The fraction of sp³-hybridized carbons (Fsp3) is 0.167. The van der Waals surface area contributed by atoms with Crippen LogP contribution in [0.25, 0.3) is 10.9 Å². The lowest BCUT2D eigenvalue weighted by Gasteiger charge is -2.05. The van der Waals surface area contributed by atoms with Gasteiger partial charge in [-0.25, -0.2) is 0 Å². The van der Waals surface area contributed by atoms with Crippen LogP contribution in [0.2, 0.25) is 5.02 Å². The molecule has 0 spiro atoms. The van der Waals surface area contributed by atoms with Crippen LogP contribution in [0.15, 0.2) is 30.5 Å². The van der Waals surface area contributed by atoms with Crippen LogP contribution in [0.1, 0.15) is 12.0 Å². The number of hydrogen-bond donors (Lipinski definition) is 1. The first-order chi connectivity index (χ1) is 7.68. The van der Waals surface area contributed by atoms with Gasteiger partial charge in [-0.2, -0.15) is 0 Å². The highest BCUT2D eigenvalue weighted by atomic mass is 35.5. The monoisotopic (exact) mass is 235 g/mol. The molecule has 0 aliphatic carbocycles. The van der Waals surface area contributed by atoms with Gasteiger partial charge in [-0.15, -0.1) is 0 Å². The summed E-state index contributed by atoms with van der Waals surface area (Å²) in [5, 5.41) is 10.2. The zero-order valence-electron chi connectivity index (χ0n) is 8.48. The number of fused-ring (bicyclic) bond motifs is 1. The van der Waals surface area contributed by atoms with Crippen molar-refractivity contribution in [3.05, 3.63) is 41.0 Å². The van der Waals surface area contributed by atoms with Gasteiger partial charge in [0.1, 0.15) is 0 Å². The predicted molar refractivity (Wildman–Crippen MR) is 62.7 cm³/mol. The number of rotatable bonds is 3. The lowest BCUT2D eigenvalue weighted by atomic mass is 10.1. The zero-order valence-corrected chi connectivity index (χ0v) is 9.24. The fourth-order valence-corrected chi connectivity index (χ4v) is 1.86. The van der Waals surface area contributed by atoms with Crippen LogP contribution in [0, 0.1) is 0 Å². The molecule has 82 valence electrons. The van der Waals surface area contributed by atoms with Crippen LogP contribution in [-0.2, 0) is 11.2 Å². The topological polar surface area (TPSA) is 50.2 Å². The third-order valence-electron chi connectivity index (χ3n) is 2.41. The highest BCUT2D eigenvalue weighted by Crippen LogP contribution is 2.25.